The smallest absolute Gasteiger partial charge is 0.256 e. The van der Waals surface area contributed by atoms with Crippen molar-refractivity contribution < 1.29 is 19.0 Å². The van der Waals surface area contributed by atoms with Crippen LogP contribution in [0.25, 0.3) is 0 Å². The van der Waals surface area contributed by atoms with Crippen LogP contribution in [0.5, 0.6) is 0 Å². The minimum atomic E-state index is -0.616. The lowest BCUT2D eigenvalue weighted by Crippen LogP contribution is -2.37. The number of hydrogen-bond acceptors (Lipinski definition) is 4. The van der Waals surface area contributed by atoms with E-state index in [1.165, 1.54) is 24.7 Å². The number of halogens is 2. The van der Waals surface area contributed by atoms with Gasteiger partial charge in [0, 0.05) is 6.04 Å². The summed E-state index contributed by atoms with van der Waals surface area (Å²) < 4.78 is 14.2. The zero-order chi connectivity index (χ0) is 16.8. The average molecular weight is 341 g/mol. The van der Waals surface area contributed by atoms with Gasteiger partial charge in [0.05, 0.1) is 10.6 Å². The van der Waals surface area contributed by atoms with Gasteiger partial charge in [-0.3, -0.25) is 14.6 Å². The van der Waals surface area contributed by atoms with E-state index in [0.29, 0.717) is 24.9 Å². The van der Waals surface area contributed by atoms with Crippen molar-refractivity contribution in [1.29, 1.82) is 0 Å². The molecule has 1 aromatic carbocycles. The summed E-state index contributed by atoms with van der Waals surface area (Å²) in [6.45, 7) is 1.96. The van der Waals surface area contributed by atoms with Crippen molar-refractivity contribution in [2.75, 3.05) is 6.54 Å². The highest BCUT2D eigenvalue weighted by Gasteiger charge is 2.21. The second kappa shape index (κ2) is 7.99. The van der Waals surface area contributed by atoms with Crippen LogP contribution in [-0.4, -0.2) is 18.5 Å². The number of benzene rings is 1. The third-order valence-electron chi connectivity index (χ3n) is 3.44. The number of nitrogens with one attached hydrogen (secondary N) is 1. The molecule has 0 spiro atoms. The van der Waals surface area contributed by atoms with Crippen molar-refractivity contribution in [2.24, 2.45) is 5.73 Å². The van der Waals surface area contributed by atoms with Gasteiger partial charge in [0.2, 0.25) is 0 Å². The quantitative estimate of drug-likeness (QED) is 0.781. The fraction of sp³-hybridized carbons (Fsp3) is 0.312. The Morgan fingerprint density at radius 2 is 2.22 bits per heavy atom. The molecule has 0 fully saturated rings. The Bertz CT molecular complexity index is 646. The molecule has 0 aromatic heterocycles. The maximum atomic E-state index is 14.2. The molecular formula is C16H18ClFN2O3. The van der Waals surface area contributed by atoms with Crippen LogP contribution in [0.15, 0.2) is 36.3 Å². The molecule has 1 aliphatic rings. The molecule has 5 nitrogen and oxygen atoms in total. The molecule has 23 heavy (non-hydrogen) atoms. The fourth-order valence-electron chi connectivity index (χ4n) is 2.23. The lowest BCUT2D eigenvalue weighted by Gasteiger charge is -2.20. The summed E-state index contributed by atoms with van der Waals surface area (Å²) in [5.74, 6) is -1.18. The molecule has 0 bridgehead atoms. The van der Waals surface area contributed by atoms with E-state index in [9.17, 15) is 9.18 Å². The molecule has 0 radical (unpaired) electrons. The normalized spacial score (nSPS) is 14.5. The molecule has 1 aromatic rings. The van der Waals surface area contributed by atoms with E-state index in [0.717, 1.165) is 5.57 Å². The Morgan fingerprint density at radius 3 is 2.87 bits per heavy atom. The summed E-state index contributed by atoms with van der Waals surface area (Å²) in [6.07, 6.45) is 5.57. The van der Waals surface area contributed by atoms with E-state index < -0.39 is 11.7 Å². The maximum absolute atomic E-state index is 14.2. The van der Waals surface area contributed by atoms with Crippen LogP contribution in [0.1, 0.15) is 28.8 Å². The summed E-state index contributed by atoms with van der Waals surface area (Å²) >= 11 is 5.96. The molecule has 1 atom stereocenters. The highest BCUT2D eigenvalue weighted by atomic mass is 35.5. The number of amides is 1. The SMILES string of the molecule is Cc1ccc(Cl)c(C(=O)NC(CCN)CC2=COOC=C2)c1F. The third kappa shape index (κ3) is 4.46. The molecule has 1 heterocycles. The molecule has 0 aliphatic carbocycles. The standard InChI is InChI=1S/C16H18ClFN2O3/c1-10-2-3-13(17)14(15(10)18)16(21)20-12(4-6-19)8-11-5-7-22-23-9-11/h2-3,5,7,9,12H,4,6,8,19H2,1H3,(H,20,21). The van der Waals surface area contributed by atoms with Gasteiger partial charge in [0.15, 0.2) is 0 Å². The zero-order valence-electron chi connectivity index (χ0n) is 12.6. The number of carbonyl (C=O) groups excluding carboxylic acids is 1. The molecule has 1 aliphatic heterocycles. The van der Waals surface area contributed by atoms with Crippen LogP contribution in [0.4, 0.5) is 4.39 Å². The molecule has 124 valence electrons. The van der Waals surface area contributed by atoms with Crippen LogP contribution in [0.3, 0.4) is 0 Å². The third-order valence-corrected chi connectivity index (χ3v) is 3.75. The lowest BCUT2D eigenvalue weighted by atomic mass is 10.0. The van der Waals surface area contributed by atoms with E-state index >= 15 is 0 Å². The minimum Gasteiger partial charge on any atom is -0.349 e. The summed E-state index contributed by atoms with van der Waals surface area (Å²) in [5, 5.41) is 2.85. The Kier molecular flexibility index (Phi) is 6.01. The molecule has 2 rings (SSSR count). The fourth-order valence-corrected chi connectivity index (χ4v) is 2.46. The van der Waals surface area contributed by atoms with Crippen LogP contribution < -0.4 is 11.1 Å². The van der Waals surface area contributed by atoms with Gasteiger partial charge in [-0.2, -0.15) is 0 Å². The van der Waals surface area contributed by atoms with Crippen molar-refractivity contribution in [1.82, 2.24) is 5.32 Å². The number of carbonyl (C=O) groups is 1. The van der Waals surface area contributed by atoms with E-state index in [1.807, 2.05) is 0 Å². The Labute approximate surface area is 138 Å². The zero-order valence-corrected chi connectivity index (χ0v) is 13.4. The summed E-state index contributed by atoms with van der Waals surface area (Å²) in [5.41, 5.74) is 6.62. The van der Waals surface area contributed by atoms with Crippen molar-refractivity contribution in [3.63, 3.8) is 0 Å². The summed E-state index contributed by atoms with van der Waals surface area (Å²) in [6, 6.07) is 2.76. The Morgan fingerprint density at radius 1 is 1.43 bits per heavy atom. The minimum absolute atomic E-state index is 0.0746. The van der Waals surface area contributed by atoms with Crippen LogP contribution >= 0.6 is 11.6 Å². The van der Waals surface area contributed by atoms with E-state index in [4.69, 9.17) is 22.2 Å². The van der Waals surface area contributed by atoms with Crippen LogP contribution in [0.2, 0.25) is 5.02 Å². The molecule has 3 N–H and O–H groups in total. The molecule has 0 saturated heterocycles. The molecular weight excluding hydrogens is 323 g/mol. The average Bonchev–Trinajstić information content (AvgIpc) is 2.52. The maximum Gasteiger partial charge on any atom is 0.256 e. The topological polar surface area (TPSA) is 73.6 Å². The van der Waals surface area contributed by atoms with Gasteiger partial charge in [0.25, 0.3) is 5.91 Å². The van der Waals surface area contributed by atoms with Crippen molar-refractivity contribution in [3.8, 4) is 0 Å². The van der Waals surface area contributed by atoms with Crippen molar-refractivity contribution in [2.45, 2.75) is 25.8 Å². The summed E-state index contributed by atoms with van der Waals surface area (Å²) in [7, 11) is 0. The predicted molar refractivity (Wildman–Crippen MR) is 85.1 cm³/mol. The van der Waals surface area contributed by atoms with E-state index in [-0.39, 0.29) is 16.6 Å². The molecule has 0 saturated carbocycles. The molecule has 1 amide bonds. The van der Waals surface area contributed by atoms with Gasteiger partial charge in [-0.1, -0.05) is 17.7 Å². The van der Waals surface area contributed by atoms with E-state index in [1.54, 1.807) is 13.0 Å². The number of rotatable bonds is 6. The van der Waals surface area contributed by atoms with Gasteiger partial charge in [0.1, 0.15) is 18.3 Å². The first-order chi connectivity index (χ1) is 11.0. The van der Waals surface area contributed by atoms with E-state index in [2.05, 4.69) is 10.2 Å². The van der Waals surface area contributed by atoms with Gasteiger partial charge >= 0.3 is 0 Å². The number of nitrogens with two attached hydrogens (primary N) is 1. The highest BCUT2D eigenvalue weighted by molar-refractivity contribution is 6.33. The van der Waals surface area contributed by atoms with Crippen LogP contribution in [-0.2, 0) is 9.78 Å². The first kappa shape index (κ1) is 17.3. The first-order valence-corrected chi connectivity index (χ1v) is 7.54. The second-order valence-electron chi connectivity index (χ2n) is 5.19. The molecule has 7 heteroatoms. The first-order valence-electron chi connectivity index (χ1n) is 7.16. The monoisotopic (exact) mass is 340 g/mol. The van der Waals surface area contributed by atoms with Crippen molar-refractivity contribution >= 4 is 17.5 Å². The van der Waals surface area contributed by atoms with Gasteiger partial charge in [-0.25, -0.2) is 4.39 Å². The predicted octanol–water partition coefficient (Wildman–Crippen LogP) is 2.98. The van der Waals surface area contributed by atoms with Crippen molar-refractivity contribution in [3.05, 3.63) is 58.3 Å². The number of aryl methyl sites for hydroxylation is 1. The number of allylic oxidation sites excluding steroid dienone is 1. The second-order valence-corrected chi connectivity index (χ2v) is 5.60. The lowest BCUT2D eigenvalue weighted by molar-refractivity contribution is -0.199. The molecule has 1 unspecified atom stereocenters. The highest BCUT2D eigenvalue weighted by Crippen LogP contribution is 2.22. The summed E-state index contributed by atoms with van der Waals surface area (Å²) in [4.78, 5) is 21.7. The van der Waals surface area contributed by atoms with Gasteiger partial charge in [-0.15, -0.1) is 0 Å². The number of hydrogen-bond donors (Lipinski definition) is 2. The largest absolute Gasteiger partial charge is 0.349 e. The van der Waals surface area contributed by atoms with Gasteiger partial charge in [-0.05, 0) is 49.6 Å². The van der Waals surface area contributed by atoms with Crippen LogP contribution in [0, 0.1) is 12.7 Å². The Hall–Kier alpha value is -2.05. The Balaban J connectivity index is 2.13. The van der Waals surface area contributed by atoms with Gasteiger partial charge < -0.3 is 11.1 Å².